The quantitative estimate of drug-likeness (QED) is 0.832. The van der Waals surface area contributed by atoms with Gasteiger partial charge in [0, 0.05) is 18.1 Å². The van der Waals surface area contributed by atoms with Gasteiger partial charge < -0.3 is 10.1 Å². The molecule has 0 aliphatic heterocycles. The van der Waals surface area contributed by atoms with Crippen molar-refractivity contribution in [2.24, 2.45) is 0 Å². The highest BCUT2D eigenvalue weighted by Crippen LogP contribution is 2.16. The van der Waals surface area contributed by atoms with E-state index in [1.54, 1.807) is 42.9 Å². The summed E-state index contributed by atoms with van der Waals surface area (Å²) in [5, 5.41) is 2.66. The molecule has 1 aromatic heterocycles. The van der Waals surface area contributed by atoms with Gasteiger partial charge in [-0.05, 0) is 30.3 Å². The number of nitrogens with one attached hydrogen (secondary N) is 1. The summed E-state index contributed by atoms with van der Waals surface area (Å²) in [6.45, 7) is 3.74. The molecule has 2 rings (SSSR count). The van der Waals surface area contributed by atoms with Crippen LogP contribution in [0.3, 0.4) is 0 Å². The van der Waals surface area contributed by atoms with Gasteiger partial charge >= 0.3 is 0 Å². The first kappa shape index (κ1) is 12.8. The number of ether oxygens (including phenoxy) is 1. The number of carbonyl (C=O) groups excluding carboxylic acids is 1. The molecule has 0 fully saturated rings. The zero-order valence-electron chi connectivity index (χ0n) is 10.2. The Morgan fingerprint density at radius 1 is 1.32 bits per heavy atom. The number of hydrogen-bond donors (Lipinski definition) is 1. The van der Waals surface area contributed by atoms with Gasteiger partial charge in [0.25, 0.3) is 0 Å². The predicted octanol–water partition coefficient (Wildman–Crippen LogP) is 2.18. The van der Waals surface area contributed by atoms with E-state index in [1.807, 2.05) is 0 Å². The summed E-state index contributed by atoms with van der Waals surface area (Å²) in [4.78, 5) is 19.2. The van der Waals surface area contributed by atoms with Gasteiger partial charge in [0.2, 0.25) is 5.91 Å². The van der Waals surface area contributed by atoms with Gasteiger partial charge in [-0.1, -0.05) is 6.58 Å². The van der Waals surface area contributed by atoms with Crippen LogP contribution in [0, 0.1) is 0 Å². The minimum atomic E-state index is -0.242. The maximum Gasteiger partial charge on any atom is 0.247 e. The Morgan fingerprint density at radius 2 is 2.11 bits per heavy atom. The first-order chi connectivity index (χ1) is 9.28. The van der Waals surface area contributed by atoms with Gasteiger partial charge in [0.15, 0.2) is 0 Å². The van der Waals surface area contributed by atoms with Crippen molar-refractivity contribution < 1.29 is 9.53 Å². The van der Waals surface area contributed by atoms with Crippen molar-refractivity contribution in [1.82, 2.24) is 9.97 Å². The summed E-state index contributed by atoms with van der Waals surface area (Å²) in [7, 11) is 0. The van der Waals surface area contributed by atoms with Crippen molar-refractivity contribution in [3.8, 4) is 5.75 Å². The molecule has 0 radical (unpaired) electrons. The highest BCUT2D eigenvalue weighted by molar-refractivity contribution is 5.98. The molecule has 0 unspecified atom stereocenters. The number of nitrogens with zero attached hydrogens (tertiary/aromatic N) is 2. The molecule has 19 heavy (non-hydrogen) atoms. The summed E-state index contributed by atoms with van der Waals surface area (Å²) in [6.07, 6.45) is 6.10. The van der Waals surface area contributed by atoms with Gasteiger partial charge in [-0.25, -0.2) is 0 Å². The number of amides is 1. The minimum Gasteiger partial charge on any atom is -0.487 e. The standard InChI is InChI=1S/C14H13N3O2/c1-2-14(18)17-11-3-5-13(6-4-11)19-10-12-9-15-7-8-16-12/h2-9H,1,10H2,(H,17,18). The van der Waals surface area contributed by atoms with E-state index < -0.39 is 0 Å². The van der Waals surface area contributed by atoms with Crippen LogP contribution in [0.15, 0.2) is 55.5 Å². The lowest BCUT2D eigenvalue weighted by Gasteiger charge is -2.06. The lowest BCUT2D eigenvalue weighted by Crippen LogP contribution is -2.07. The molecule has 2 aromatic rings. The van der Waals surface area contributed by atoms with Crippen LogP contribution in [0.25, 0.3) is 0 Å². The molecular formula is C14H13N3O2. The van der Waals surface area contributed by atoms with Crippen molar-refractivity contribution in [3.05, 3.63) is 61.2 Å². The molecule has 0 atom stereocenters. The van der Waals surface area contributed by atoms with Crippen molar-refractivity contribution in [3.63, 3.8) is 0 Å². The number of anilines is 1. The lowest BCUT2D eigenvalue weighted by atomic mass is 10.3. The fourth-order valence-corrected chi connectivity index (χ4v) is 1.39. The molecular weight excluding hydrogens is 242 g/mol. The summed E-state index contributed by atoms with van der Waals surface area (Å²) in [5.74, 6) is 0.454. The van der Waals surface area contributed by atoms with E-state index in [-0.39, 0.29) is 5.91 Å². The zero-order valence-corrected chi connectivity index (χ0v) is 10.2. The molecule has 5 heteroatoms. The molecule has 1 N–H and O–H groups in total. The maximum atomic E-state index is 11.1. The Kier molecular flexibility index (Phi) is 4.23. The second-order valence-electron chi connectivity index (χ2n) is 3.70. The number of rotatable bonds is 5. The lowest BCUT2D eigenvalue weighted by molar-refractivity contribution is -0.111. The molecule has 5 nitrogen and oxygen atoms in total. The monoisotopic (exact) mass is 255 g/mol. The zero-order chi connectivity index (χ0) is 13.5. The molecule has 1 heterocycles. The molecule has 1 aromatic carbocycles. The maximum absolute atomic E-state index is 11.1. The number of hydrogen-bond acceptors (Lipinski definition) is 4. The van der Waals surface area contributed by atoms with Crippen LogP contribution in [-0.2, 0) is 11.4 Å². The Balaban J connectivity index is 1.92. The highest BCUT2D eigenvalue weighted by Gasteiger charge is 1.99. The van der Waals surface area contributed by atoms with Crippen LogP contribution >= 0.6 is 0 Å². The van der Waals surface area contributed by atoms with E-state index in [2.05, 4.69) is 21.9 Å². The average Bonchev–Trinajstić information content (AvgIpc) is 2.47. The normalized spacial score (nSPS) is 9.68. The summed E-state index contributed by atoms with van der Waals surface area (Å²) in [5.41, 5.74) is 1.45. The first-order valence-electron chi connectivity index (χ1n) is 5.69. The van der Waals surface area contributed by atoms with Crippen LogP contribution in [0.1, 0.15) is 5.69 Å². The fourth-order valence-electron chi connectivity index (χ4n) is 1.39. The minimum absolute atomic E-state index is 0.242. The third-order valence-electron chi connectivity index (χ3n) is 2.31. The Hall–Kier alpha value is -2.69. The topological polar surface area (TPSA) is 64.1 Å². The van der Waals surface area contributed by atoms with Crippen molar-refractivity contribution in [2.75, 3.05) is 5.32 Å². The smallest absolute Gasteiger partial charge is 0.247 e. The molecule has 0 saturated carbocycles. The Morgan fingerprint density at radius 3 is 2.74 bits per heavy atom. The van der Waals surface area contributed by atoms with Gasteiger partial charge in [0.1, 0.15) is 12.4 Å². The van der Waals surface area contributed by atoms with Crippen LogP contribution in [0.2, 0.25) is 0 Å². The number of carbonyl (C=O) groups is 1. The largest absolute Gasteiger partial charge is 0.487 e. The van der Waals surface area contributed by atoms with E-state index >= 15 is 0 Å². The van der Waals surface area contributed by atoms with E-state index in [1.165, 1.54) is 6.08 Å². The predicted molar refractivity (Wildman–Crippen MR) is 71.6 cm³/mol. The molecule has 0 saturated heterocycles. The van der Waals surface area contributed by atoms with E-state index in [0.717, 1.165) is 5.69 Å². The molecule has 96 valence electrons. The van der Waals surface area contributed by atoms with Crippen molar-refractivity contribution in [2.45, 2.75) is 6.61 Å². The second-order valence-corrected chi connectivity index (χ2v) is 3.70. The molecule has 0 bridgehead atoms. The van der Waals surface area contributed by atoms with Crippen molar-refractivity contribution in [1.29, 1.82) is 0 Å². The van der Waals surface area contributed by atoms with E-state index in [9.17, 15) is 4.79 Å². The summed E-state index contributed by atoms with van der Waals surface area (Å²) < 4.78 is 5.54. The second kappa shape index (κ2) is 6.30. The summed E-state index contributed by atoms with van der Waals surface area (Å²) in [6, 6.07) is 7.06. The highest BCUT2D eigenvalue weighted by atomic mass is 16.5. The third kappa shape index (κ3) is 3.92. The fraction of sp³-hybridized carbons (Fsp3) is 0.0714. The number of benzene rings is 1. The Labute approximate surface area is 111 Å². The average molecular weight is 255 g/mol. The van der Waals surface area contributed by atoms with Crippen LogP contribution in [0.5, 0.6) is 5.75 Å². The molecule has 0 aliphatic carbocycles. The first-order valence-corrected chi connectivity index (χ1v) is 5.69. The SMILES string of the molecule is C=CC(=O)Nc1ccc(OCc2cnccn2)cc1. The number of aromatic nitrogens is 2. The molecule has 0 spiro atoms. The third-order valence-corrected chi connectivity index (χ3v) is 2.31. The van der Waals surface area contributed by atoms with Crippen LogP contribution in [0.4, 0.5) is 5.69 Å². The van der Waals surface area contributed by atoms with Gasteiger partial charge in [0.05, 0.1) is 11.9 Å². The van der Waals surface area contributed by atoms with Gasteiger partial charge in [-0.3, -0.25) is 14.8 Å². The van der Waals surface area contributed by atoms with Crippen LogP contribution in [-0.4, -0.2) is 15.9 Å². The van der Waals surface area contributed by atoms with Crippen LogP contribution < -0.4 is 10.1 Å². The van der Waals surface area contributed by atoms with Gasteiger partial charge in [-0.15, -0.1) is 0 Å². The Bertz CT molecular complexity index is 553. The van der Waals surface area contributed by atoms with E-state index in [4.69, 9.17) is 4.74 Å². The van der Waals surface area contributed by atoms with E-state index in [0.29, 0.717) is 18.0 Å². The summed E-state index contributed by atoms with van der Waals surface area (Å²) >= 11 is 0. The molecule has 1 amide bonds. The molecule has 0 aliphatic rings. The van der Waals surface area contributed by atoms with Gasteiger partial charge in [-0.2, -0.15) is 0 Å². The van der Waals surface area contributed by atoms with Crippen molar-refractivity contribution >= 4 is 11.6 Å².